The summed E-state index contributed by atoms with van der Waals surface area (Å²) in [4.78, 5) is 17.8. The van der Waals surface area contributed by atoms with E-state index in [4.69, 9.17) is 0 Å². The lowest BCUT2D eigenvalue weighted by molar-refractivity contribution is -0.142. The fourth-order valence-electron chi connectivity index (χ4n) is 2.61. The highest BCUT2D eigenvalue weighted by Crippen LogP contribution is 2.41. The van der Waals surface area contributed by atoms with Crippen LogP contribution in [0.4, 0.5) is 0 Å². The Morgan fingerprint density at radius 1 is 1.25 bits per heavy atom. The first-order valence-corrected chi connectivity index (χ1v) is 7.03. The van der Waals surface area contributed by atoms with Crippen molar-refractivity contribution in [1.29, 1.82) is 0 Å². The number of nitrogens with zero attached hydrogens (tertiary/aromatic N) is 2. The fraction of sp³-hybridized carbons (Fsp3) is 0.500. The number of aliphatic hydroxyl groups is 4. The molecule has 1 saturated heterocycles. The van der Waals surface area contributed by atoms with E-state index in [9.17, 15) is 25.2 Å². The van der Waals surface area contributed by atoms with Gasteiger partial charge in [0.15, 0.2) is 0 Å². The number of carbonyl (C=O) groups is 1. The molecule has 0 bridgehead atoms. The van der Waals surface area contributed by atoms with Crippen LogP contribution >= 0.6 is 11.8 Å². The summed E-state index contributed by atoms with van der Waals surface area (Å²) in [6.07, 6.45) is -2.58. The van der Waals surface area contributed by atoms with Crippen LogP contribution in [0.3, 0.4) is 0 Å². The summed E-state index contributed by atoms with van der Waals surface area (Å²) >= 11 is 1.14. The van der Waals surface area contributed by atoms with Crippen LogP contribution in [-0.4, -0.2) is 72.6 Å². The average molecular weight is 298 g/mol. The minimum absolute atomic E-state index is 0.364. The van der Waals surface area contributed by atoms with Crippen molar-refractivity contribution in [3.63, 3.8) is 0 Å². The molecule has 1 aromatic heterocycles. The van der Waals surface area contributed by atoms with E-state index >= 15 is 0 Å². The molecular formula is C12H14N2O5S. The van der Waals surface area contributed by atoms with E-state index in [1.165, 1.54) is 4.90 Å². The van der Waals surface area contributed by atoms with E-state index < -0.39 is 42.2 Å². The Morgan fingerprint density at radius 3 is 2.70 bits per heavy atom. The molecule has 3 heterocycles. The Labute approximate surface area is 118 Å². The van der Waals surface area contributed by atoms with Crippen LogP contribution in [0, 0.1) is 0 Å². The van der Waals surface area contributed by atoms with Crippen molar-refractivity contribution in [3.05, 3.63) is 23.9 Å². The molecule has 0 radical (unpaired) electrons. The Balaban J connectivity index is 2.06. The molecular weight excluding hydrogens is 284 g/mol. The first-order valence-electron chi connectivity index (χ1n) is 6.15. The van der Waals surface area contributed by atoms with E-state index in [1.54, 1.807) is 18.3 Å². The molecule has 1 aromatic rings. The topological polar surface area (TPSA) is 114 Å². The number of aromatic nitrogens is 1. The lowest BCUT2D eigenvalue weighted by Crippen LogP contribution is -2.68. The summed E-state index contributed by atoms with van der Waals surface area (Å²) in [6, 6.07) is 2.27. The zero-order valence-electron chi connectivity index (χ0n) is 10.3. The number of hydrogen-bond donors (Lipinski definition) is 4. The maximum Gasteiger partial charge on any atom is 0.258 e. The van der Waals surface area contributed by atoms with E-state index in [0.717, 1.165) is 11.8 Å². The predicted molar refractivity (Wildman–Crippen MR) is 68.9 cm³/mol. The first kappa shape index (κ1) is 13.8. The summed E-state index contributed by atoms with van der Waals surface area (Å²) < 4.78 is 0. The summed E-state index contributed by atoms with van der Waals surface area (Å²) in [5.41, 5.74) is 0.364. The van der Waals surface area contributed by atoms with Gasteiger partial charge in [0, 0.05) is 6.20 Å². The first-order chi connectivity index (χ1) is 9.56. The highest BCUT2D eigenvalue weighted by atomic mass is 32.2. The highest BCUT2D eigenvalue weighted by molar-refractivity contribution is 8.00. The van der Waals surface area contributed by atoms with Crippen molar-refractivity contribution < 1.29 is 25.2 Å². The van der Waals surface area contributed by atoms with Crippen molar-refractivity contribution in [2.45, 2.75) is 34.8 Å². The SMILES string of the molecule is O=C1c2cccnc2S[C@@H]2[C@@H](O)[C@@H](O)[C@H](O)[C@H](CO)N12. The minimum atomic E-state index is -1.42. The molecule has 1 fully saturated rings. The highest BCUT2D eigenvalue weighted by Gasteiger charge is 2.52. The maximum absolute atomic E-state index is 12.5. The van der Waals surface area contributed by atoms with Crippen LogP contribution in [0.1, 0.15) is 10.4 Å². The number of thioether (sulfide) groups is 1. The van der Waals surface area contributed by atoms with E-state index in [1.807, 2.05) is 0 Å². The molecule has 4 N–H and O–H groups in total. The summed E-state index contributed by atoms with van der Waals surface area (Å²) in [5, 5.41) is 38.9. The average Bonchev–Trinajstić information content (AvgIpc) is 2.47. The van der Waals surface area contributed by atoms with Gasteiger partial charge in [-0.25, -0.2) is 4.98 Å². The maximum atomic E-state index is 12.5. The van der Waals surface area contributed by atoms with Crippen molar-refractivity contribution in [2.24, 2.45) is 0 Å². The molecule has 0 aromatic carbocycles. The largest absolute Gasteiger partial charge is 0.394 e. The molecule has 20 heavy (non-hydrogen) atoms. The van der Waals surface area contributed by atoms with Gasteiger partial charge in [0.2, 0.25) is 0 Å². The van der Waals surface area contributed by atoms with Gasteiger partial charge in [-0.3, -0.25) is 4.79 Å². The number of pyridine rings is 1. The van der Waals surface area contributed by atoms with Gasteiger partial charge in [-0.2, -0.15) is 0 Å². The molecule has 5 atom stereocenters. The van der Waals surface area contributed by atoms with Gasteiger partial charge in [-0.15, -0.1) is 0 Å². The van der Waals surface area contributed by atoms with Crippen molar-refractivity contribution in [2.75, 3.05) is 6.61 Å². The summed E-state index contributed by atoms with van der Waals surface area (Å²) in [5.74, 6) is -0.416. The van der Waals surface area contributed by atoms with Crippen molar-refractivity contribution in [1.82, 2.24) is 9.88 Å². The lowest BCUT2D eigenvalue weighted by Gasteiger charge is -2.49. The number of aliphatic hydroxyl groups excluding tert-OH is 4. The van der Waals surface area contributed by atoms with Crippen molar-refractivity contribution >= 4 is 17.7 Å². The van der Waals surface area contributed by atoms with Gasteiger partial charge in [0.05, 0.1) is 18.2 Å². The van der Waals surface area contributed by atoms with E-state index in [-0.39, 0.29) is 0 Å². The normalized spacial score (nSPS) is 36.5. The van der Waals surface area contributed by atoms with Gasteiger partial charge in [-0.05, 0) is 12.1 Å². The Morgan fingerprint density at radius 2 is 2.00 bits per heavy atom. The number of fused-ring (bicyclic) bond motifs is 2. The van der Waals surface area contributed by atoms with Crippen LogP contribution in [-0.2, 0) is 0 Å². The minimum Gasteiger partial charge on any atom is -0.394 e. The second-order valence-electron chi connectivity index (χ2n) is 4.80. The molecule has 0 saturated carbocycles. The Hall–Kier alpha value is -1.19. The van der Waals surface area contributed by atoms with Crippen LogP contribution in [0.15, 0.2) is 23.4 Å². The quantitative estimate of drug-likeness (QED) is 0.494. The van der Waals surface area contributed by atoms with Gasteiger partial charge in [0.1, 0.15) is 28.7 Å². The summed E-state index contributed by atoms with van der Waals surface area (Å²) in [6.45, 7) is -0.497. The monoisotopic (exact) mass is 298 g/mol. The molecule has 7 nitrogen and oxygen atoms in total. The number of carbonyl (C=O) groups excluding carboxylic acids is 1. The Kier molecular flexibility index (Phi) is 3.43. The zero-order chi connectivity index (χ0) is 14.4. The smallest absolute Gasteiger partial charge is 0.258 e. The van der Waals surface area contributed by atoms with Gasteiger partial charge >= 0.3 is 0 Å². The molecule has 8 heteroatoms. The Bertz CT molecular complexity index is 542. The summed E-state index contributed by atoms with van der Waals surface area (Å²) in [7, 11) is 0. The number of hydrogen-bond acceptors (Lipinski definition) is 7. The van der Waals surface area contributed by atoms with Crippen molar-refractivity contribution in [3.8, 4) is 0 Å². The third-order valence-corrected chi connectivity index (χ3v) is 4.97. The number of piperidine rings is 1. The zero-order valence-corrected chi connectivity index (χ0v) is 11.1. The molecule has 0 unspecified atom stereocenters. The van der Waals surface area contributed by atoms with Crippen LogP contribution in [0.5, 0.6) is 0 Å². The van der Waals surface area contributed by atoms with E-state index in [0.29, 0.717) is 10.6 Å². The third kappa shape index (κ3) is 1.84. The second kappa shape index (κ2) is 4.97. The van der Waals surface area contributed by atoms with E-state index in [2.05, 4.69) is 4.98 Å². The van der Waals surface area contributed by atoms with Crippen LogP contribution in [0.2, 0.25) is 0 Å². The van der Waals surface area contributed by atoms with Crippen LogP contribution in [0.25, 0.3) is 0 Å². The number of rotatable bonds is 1. The fourth-order valence-corrected chi connectivity index (χ4v) is 3.90. The molecule has 0 aliphatic carbocycles. The third-order valence-electron chi connectivity index (χ3n) is 3.67. The molecule has 2 aliphatic rings. The molecule has 2 aliphatic heterocycles. The standard InChI is InChI=1S/C12H14N2O5S/c15-4-6-7(16)8(17)9(18)12-14(6)11(19)5-2-1-3-13-10(5)20-12/h1-3,6-9,12,15-18H,4H2/t6-,7+,8-,9-,12+/m0/s1. The van der Waals surface area contributed by atoms with Gasteiger partial charge in [0.25, 0.3) is 5.91 Å². The molecule has 3 rings (SSSR count). The molecule has 0 spiro atoms. The van der Waals surface area contributed by atoms with Gasteiger partial charge in [-0.1, -0.05) is 11.8 Å². The predicted octanol–water partition coefficient (Wildman–Crippen LogP) is -1.59. The molecule has 108 valence electrons. The number of amides is 1. The second-order valence-corrected chi connectivity index (χ2v) is 5.90. The van der Waals surface area contributed by atoms with Crippen LogP contribution < -0.4 is 0 Å². The lowest BCUT2D eigenvalue weighted by atomic mass is 9.93. The molecule has 1 amide bonds. The van der Waals surface area contributed by atoms with Gasteiger partial charge < -0.3 is 25.3 Å².